The first-order valence-electron chi connectivity index (χ1n) is 9.12. The Bertz CT molecular complexity index is 485. The first kappa shape index (κ1) is 16.5. The van der Waals surface area contributed by atoms with Crippen molar-refractivity contribution in [1.29, 1.82) is 0 Å². The monoisotopic (exact) mass is 315 g/mol. The predicted molar refractivity (Wildman–Crippen MR) is 94.6 cm³/mol. The van der Waals surface area contributed by atoms with Gasteiger partial charge in [-0.1, -0.05) is 24.6 Å². The minimum Gasteiger partial charge on any atom is -0.326 e. The van der Waals surface area contributed by atoms with Crippen LogP contribution in [-0.4, -0.2) is 54.5 Å². The number of likely N-dealkylation sites (tertiary alicyclic amines) is 2. The minimum atomic E-state index is 0.125. The molecular weight excluding hydrogens is 286 g/mol. The fourth-order valence-corrected chi connectivity index (χ4v) is 3.83. The standard InChI is InChI=1S/C19H29N3O/c23-19(20-17-8-3-1-4-9-17)11-15-22-14-7-10-18(22)16-21-12-5-2-6-13-21/h1,3-4,8-9,18H,2,5-7,10-16H2,(H,20,23)/t18-/m0/s1. The summed E-state index contributed by atoms with van der Waals surface area (Å²) < 4.78 is 0. The molecule has 23 heavy (non-hydrogen) atoms. The summed E-state index contributed by atoms with van der Waals surface area (Å²) in [6.07, 6.45) is 7.25. The van der Waals surface area contributed by atoms with Crippen LogP contribution in [0, 0.1) is 0 Å². The summed E-state index contributed by atoms with van der Waals surface area (Å²) in [5, 5.41) is 2.99. The molecule has 0 unspecified atom stereocenters. The first-order valence-corrected chi connectivity index (χ1v) is 9.12. The van der Waals surface area contributed by atoms with E-state index >= 15 is 0 Å². The number of carbonyl (C=O) groups excluding carboxylic acids is 1. The van der Waals surface area contributed by atoms with Gasteiger partial charge in [-0.2, -0.15) is 0 Å². The molecule has 2 saturated heterocycles. The predicted octanol–water partition coefficient (Wildman–Crippen LogP) is 2.97. The molecule has 2 aliphatic rings. The molecule has 1 amide bonds. The van der Waals surface area contributed by atoms with Crippen LogP contribution in [0.5, 0.6) is 0 Å². The number of rotatable bonds is 6. The van der Waals surface area contributed by atoms with Crippen molar-refractivity contribution in [3.8, 4) is 0 Å². The highest BCUT2D eigenvalue weighted by atomic mass is 16.1. The molecule has 2 fully saturated rings. The van der Waals surface area contributed by atoms with Crippen molar-refractivity contribution < 1.29 is 4.79 Å². The van der Waals surface area contributed by atoms with Crippen LogP contribution in [0.25, 0.3) is 0 Å². The number of amides is 1. The fourth-order valence-electron chi connectivity index (χ4n) is 3.83. The van der Waals surface area contributed by atoms with Crippen LogP contribution in [0.4, 0.5) is 5.69 Å². The Balaban J connectivity index is 1.42. The number of hydrogen-bond donors (Lipinski definition) is 1. The lowest BCUT2D eigenvalue weighted by Gasteiger charge is -2.32. The van der Waals surface area contributed by atoms with Crippen molar-refractivity contribution in [3.05, 3.63) is 30.3 Å². The van der Waals surface area contributed by atoms with E-state index in [1.165, 1.54) is 51.7 Å². The number of anilines is 1. The zero-order valence-electron chi connectivity index (χ0n) is 14.0. The van der Waals surface area contributed by atoms with Crippen molar-refractivity contribution >= 4 is 11.6 Å². The second-order valence-electron chi connectivity index (χ2n) is 6.86. The van der Waals surface area contributed by atoms with Gasteiger partial charge in [-0.05, 0) is 57.5 Å². The SMILES string of the molecule is O=C(CCN1CCC[C@H]1CN1CCCCC1)Nc1ccccc1. The van der Waals surface area contributed by atoms with Crippen molar-refractivity contribution in [2.24, 2.45) is 0 Å². The minimum absolute atomic E-state index is 0.125. The molecule has 0 saturated carbocycles. The Morgan fingerprint density at radius 1 is 1.04 bits per heavy atom. The van der Waals surface area contributed by atoms with E-state index in [9.17, 15) is 4.79 Å². The van der Waals surface area contributed by atoms with Crippen LogP contribution in [-0.2, 0) is 4.79 Å². The highest BCUT2D eigenvalue weighted by molar-refractivity contribution is 5.90. The molecule has 0 bridgehead atoms. The number of nitrogens with zero attached hydrogens (tertiary/aromatic N) is 2. The molecule has 4 nitrogen and oxygen atoms in total. The maximum atomic E-state index is 12.1. The molecule has 1 aromatic carbocycles. The molecule has 3 rings (SSSR count). The molecule has 1 N–H and O–H groups in total. The molecule has 1 atom stereocenters. The number of para-hydroxylation sites is 1. The summed E-state index contributed by atoms with van der Waals surface area (Å²) in [6.45, 7) is 5.76. The summed E-state index contributed by atoms with van der Waals surface area (Å²) in [6, 6.07) is 10.4. The van der Waals surface area contributed by atoms with Crippen molar-refractivity contribution in [2.75, 3.05) is 38.0 Å². The van der Waals surface area contributed by atoms with Gasteiger partial charge in [0, 0.05) is 31.2 Å². The van der Waals surface area contributed by atoms with E-state index in [1.54, 1.807) is 0 Å². The third-order valence-electron chi connectivity index (χ3n) is 5.10. The Kier molecular flexibility index (Phi) is 6.06. The van der Waals surface area contributed by atoms with E-state index < -0.39 is 0 Å². The van der Waals surface area contributed by atoms with Crippen LogP contribution >= 0.6 is 0 Å². The Hall–Kier alpha value is -1.39. The van der Waals surface area contributed by atoms with Gasteiger partial charge in [0.05, 0.1) is 0 Å². The van der Waals surface area contributed by atoms with Gasteiger partial charge in [0.1, 0.15) is 0 Å². The lowest BCUT2D eigenvalue weighted by Crippen LogP contribution is -2.43. The number of carbonyl (C=O) groups is 1. The van der Waals surface area contributed by atoms with Gasteiger partial charge in [-0.25, -0.2) is 0 Å². The van der Waals surface area contributed by atoms with Gasteiger partial charge in [0.25, 0.3) is 0 Å². The number of benzene rings is 1. The molecule has 2 aliphatic heterocycles. The lowest BCUT2D eigenvalue weighted by atomic mass is 10.1. The molecule has 1 aromatic rings. The summed E-state index contributed by atoms with van der Waals surface area (Å²) >= 11 is 0. The van der Waals surface area contributed by atoms with Gasteiger partial charge < -0.3 is 10.2 Å². The highest BCUT2D eigenvalue weighted by Gasteiger charge is 2.27. The Labute approximate surface area is 139 Å². The average molecular weight is 315 g/mol. The van der Waals surface area contributed by atoms with Crippen LogP contribution in [0.15, 0.2) is 30.3 Å². The van der Waals surface area contributed by atoms with E-state index in [-0.39, 0.29) is 5.91 Å². The van der Waals surface area contributed by atoms with E-state index in [2.05, 4.69) is 15.1 Å². The van der Waals surface area contributed by atoms with Crippen molar-refractivity contribution in [3.63, 3.8) is 0 Å². The lowest BCUT2D eigenvalue weighted by molar-refractivity contribution is -0.116. The van der Waals surface area contributed by atoms with E-state index in [4.69, 9.17) is 0 Å². The number of nitrogens with one attached hydrogen (secondary N) is 1. The normalized spacial score (nSPS) is 23.0. The Morgan fingerprint density at radius 3 is 2.61 bits per heavy atom. The number of piperidine rings is 1. The second kappa shape index (κ2) is 8.46. The van der Waals surface area contributed by atoms with E-state index in [1.807, 2.05) is 30.3 Å². The summed E-state index contributed by atoms with van der Waals surface area (Å²) in [5.74, 6) is 0.125. The third-order valence-corrected chi connectivity index (χ3v) is 5.10. The molecule has 126 valence electrons. The maximum Gasteiger partial charge on any atom is 0.225 e. The van der Waals surface area contributed by atoms with Crippen LogP contribution < -0.4 is 5.32 Å². The van der Waals surface area contributed by atoms with E-state index in [0.29, 0.717) is 12.5 Å². The van der Waals surface area contributed by atoms with Gasteiger partial charge in [0.2, 0.25) is 5.91 Å². The average Bonchev–Trinajstić information content (AvgIpc) is 3.02. The van der Waals surface area contributed by atoms with E-state index in [0.717, 1.165) is 18.8 Å². The smallest absolute Gasteiger partial charge is 0.225 e. The second-order valence-corrected chi connectivity index (χ2v) is 6.86. The van der Waals surface area contributed by atoms with Crippen LogP contribution in [0.2, 0.25) is 0 Å². The topological polar surface area (TPSA) is 35.6 Å². The third kappa shape index (κ3) is 5.05. The van der Waals surface area contributed by atoms with Gasteiger partial charge >= 0.3 is 0 Å². The molecule has 2 heterocycles. The summed E-state index contributed by atoms with van der Waals surface area (Å²) in [7, 11) is 0. The molecule has 0 aromatic heterocycles. The van der Waals surface area contributed by atoms with Crippen LogP contribution in [0.1, 0.15) is 38.5 Å². The van der Waals surface area contributed by atoms with Gasteiger partial charge in [-0.15, -0.1) is 0 Å². The molecule has 4 heteroatoms. The highest BCUT2D eigenvalue weighted by Crippen LogP contribution is 2.20. The van der Waals surface area contributed by atoms with Gasteiger partial charge in [-0.3, -0.25) is 9.69 Å². The van der Waals surface area contributed by atoms with Crippen LogP contribution in [0.3, 0.4) is 0 Å². The fraction of sp³-hybridized carbons (Fsp3) is 0.632. The first-order chi connectivity index (χ1) is 11.3. The van der Waals surface area contributed by atoms with Crippen molar-refractivity contribution in [1.82, 2.24) is 9.80 Å². The molecular formula is C19H29N3O. The zero-order chi connectivity index (χ0) is 15.9. The largest absolute Gasteiger partial charge is 0.326 e. The summed E-state index contributed by atoms with van der Waals surface area (Å²) in [5.41, 5.74) is 0.892. The molecule has 0 radical (unpaired) electrons. The van der Waals surface area contributed by atoms with Gasteiger partial charge in [0.15, 0.2) is 0 Å². The quantitative estimate of drug-likeness (QED) is 0.876. The molecule has 0 spiro atoms. The van der Waals surface area contributed by atoms with Crippen molar-refractivity contribution in [2.45, 2.75) is 44.6 Å². The molecule has 0 aliphatic carbocycles. The number of hydrogen-bond acceptors (Lipinski definition) is 3. The zero-order valence-corrected chi connectivity index (χ0v) is 14.0. The maximum absolute atomic E-state index is 12.1. The Morgan fingerprint density at radius 2 is 1.83 bits per heavy atom. The summed E-state index contributed by atoms with van der Waals surface area (Å²) in [4.78, 5) is 17.3.